The summed E-state index contributed by atoms with van der Waals surface area (Å²) in [5, 5.41) is 0.795. The summed E-state index contributed by atoms with van der Waals surface area (Å²) in [5.74, 6) is 1.71. The lowest BCUT2D eigenvalue weighted by Crippen LogP contribution is -2.30. The maximum atomic E-state index is 12.8. The van der Waals surface area contributed by atoms with Crippen molar-refractivity contribution in [2.75, 3.05) is 20.2 Å². The largest absolute Gasteiger partial charge is 0.497 e. The number of carbonyl (C=O) groups is 1. The van der Waals surface area contributed by atoms with E-state index in [4.69, 9.17) is 9.72 Å². The maximum Gasteiger partial charge on any atom is 0.259 e. The number of aromatic nitrogens is 2. The highest BCUT2D eigenvalue weighted by Gasteiger charge is 2.30. The Bertz CT molecular complexity index is 1150. The highest BCUT2D eigenvalue weighted by atomic mass is 32.1. The minimum atomic E-state index is -0.0163. The van der Waals surface area contributed by atoms with Crippen molar-refractivity contribution >= 4 is 27.5 Å². The second-order valence-corrected chi connectivity index (χ2v) is 9.28. The fourth-order valence-electron chi connectivity index (χ4n) is 4.61. The molecule has 1 aliphatic carbocycles. The lowest BCUT2D eigenvalue weighted by atomic mass is 9.97. The van der Waals surface area contributed by atoms with Crippen LogP contribution in [0, 0.1) is 0 Å². The minimum Gasteiger partial charge on any atom is -0.497 e. The summed E-state index contributed by atoms with van der Waals surface area (Å²) in [6.07, 6.45) is 5.58. The average Bonchev–Trinajstić information content (AvgIpc) is 3.39. The van der Waals surface area contributed by atoms with E-state index in [1.165, 1.54) is 16.9 Å². The highest BCUT2D eigenvalue weighted by molar-refractivity contribution is 7.18. The fraction of sp³-hybridized carbons (Fsp3) is 0.435. The Morgan fingerprint density at radius 1 is 1.27 bits per heavy atom. The van der Waals surface area contributed by atoms with Crippen LogP contribution in [0.2, 0.25) is 0 Å². The van der Waals surface area contributed by atoms with E-state index in [2.05, 4.69) is 4.98 Å². The van der Waals surface area contributed by atoms with Gasteiger partial charge in [-0.2, -0.15) is 0 Å². The fourth-order valence-corrected chi connectivity index (χ4v) is 5.88. The third-order valence-corrected chi connectivity index (χ3v) is 7.47. The molecule has 30 heavy (non-hydrogen) atoms. The molecule has 156 valence electrons. The first-order valence-corrected chi connectivity index (χ1v) is 11.4. The number of H-pyrrole nitrogens is 1. The Morgan fingerprint density at radius 2 is 2.07 bits per heavy atom. The zero-order valence-corrected chi connectivity index (χ0v) is 17.9. The summed E-state index contributed by atoms with van der Waals surface area (Å²) in [6.45, 7) is 1.30. The summed E-state index contributed by atoms with van der Waals surface area (Å²) in [7, 11) is 1.63. The topological polar surface area (TPSA) is 75.3 Å². The van der Waals surface area contributed by atoms with Crippen LogP contribution in [0.1, 0.15) is 47.0 Å². The van der Waals surface area contributed by atoms with Crippen molar-refractivity contribution in [3.05, 3.63) is 56.4 Å². The lowest BCUT2D eigenvalue weighted by Gasteiger charge is -2.16. The van der Waals surface area contributed by atoms with Crippen molar-refractivity contribution in [3.8, 4) is 5.75 Å². The molecular formula is C23H25N3O3S. The number of aryl methyl sites for hydroxylation is 2. The predicted octanol–water partition coefficient (Wildman–Crippen LogP) is 3.43. The number of fused-ring (bicyclic) bond motifs is 3. The first-order valence-electron chi connectivity index (χ1n) is 10.6. The molecule has 0 bridgehead atoms. The van der Waals surface area contributed by atoms with Crippen LogP contribution in [0.15, 0.2) is 29.1 Å². The molecule has 0 spiro atoms. The minimum absolute atomic E-state index is 0.0163. The van der Waals surface area contributed by atoms with Crippen molar-refractivity contribution in [1.29, 1.82) is 0 Å². The van der Waals surface area contributed by atoms with E-state index in [0.717, 1.165) is 53.0 Å². The number of aromatic amines is 1. The van der Waals surface area contributed by atoms with Crippen molar-refractivity contribution in [2.24, 2.45) is 0 Å². The van der Waals surface area contributed by atoms with E-state index in [9.17, 15) is 9.59 Å². The number of carbonyl (C=O) groups excluding carboxylic acids is 1. The third-order valence-electron chi connectivity index (χ3n) is 6.29. The molecule has 2 aromatic heterocycles. The molecule has 1 aromatic carbocycles. The van der Waals surface area contributed by atoms with E-state index >= 15 is 0 Å². The SMILES string of the molecule is COc1ccc(CC(=O)N2CCC(c3nc4sc5c(c4c(=O)[nH]3)CCCC5)C2)cc1. The number of methoxy groups -OCH3 is 1. The highest BCUT2D eigenvalue weighted by Crippen LogP contribution is 2.34. The number of ether oxygens (including phenoxy) is 1. The molecule has 1 fully saturated rings. The van der Waals surface area contributed by atoms with Crippen LogP contribution in [-0.4, -0.2) is 41.0 Å². The standard InChI is InChI=1S/C23H25N3O3S/c1-29-16-8-6-14(7-9-16)12-19(27)26-11-10-15(13-26)21-24-22(28)20-17-4-2-3-5-18(17)30-23(20)25-21/h6-9,15H,2-5,10-13H2,1H3,(H,24,25,28). The molecule has 1 saturated heterocycles. The lowest BCUT2D eigenvalue weighted by molar-refractivity contribution is -0.129. The molecule has 7 heteroatoms. The Hall–Kier alpha value is -2.67. The number of likely N-dealkylation sites (tertiary alicyclic amines) is 1. The van der Waals surface area contributed by atoms with Crippen molar-refractivity contribution < 1.29 is 9.53 Å². The first kappa shape index (κ1) is 19.3. The van der Waals surface area contributed by atoms with Gasteiger partial charge in [-0.25, -0.2) is 4.98 Å². The molecule has 0 saturated carbocycles. The van der Waals surface area contributed by atoms with E-state index < -0.39 is 0 Å². The van der Waals surface area contributed by atoms with Gasteiger partial charge in [0.2, 0.25) is 5.91 Å². The van der Waals surface area contributed by atoms with Gasteiger partial charge in [0, 0.05) is 23.9 Å². The molecule has 5 rings (SSSR count). The number of hydrogen-bond donors (Lipinski definition) is 1. The number of rotatable bonds is 4. The van der Waals surface area contributed by atoms with Gasteiger partial charge >= 0.3 is 0 Å². The average molecular weight is 424 g/mol. The zero-order chi connectivity index (χ0) is 20.7. The summed E-state index contributed by atoms with van der Waals surface area (Å²) in [4.78, 5) is 37.5. The van der Waals surface area contributed by atoms with Crippen LogP contribution < -0.4 is 10.3 Å². The molecular weight excluding hydrogens is 398 g/mol. The first-order chi connectivity index (χ1) is 14.6. The molecule has 0 radical (unpaired) electrons. The second-order valence-electron chi connectivity index (χ2n) is 8.19. The number of hydrogen-bond acceptors (Lipinski definition) is 5. The third kappa shape index (κ3) is 3.51. The van der Waals surface area contributed by atoms with Gasteiger partial charge in [-0.05, 0) is 55.4 Å². The maximum absolute atomic E-state index is 12.8. The number of nitrogens with one attached hydrogen (secondary N) is 1. The van der Waals surface area contributed by atoms with Gasteiger partial charge in [0.15, 0.2) is 0 Å². The van der Waals surface area contributed by atoms with Crippen LogP contribution >= 0.6 is 11.3 Å². The van der Waals surface area contributed by atoms with E-state index in [1.54, 1.807) is 18.4 Å². The second kappa shape index (κ2) is 7.87. The molecule has 2 aliphatic rings. The number of benzene rings is 1. The predicted molar refractivity (Wildman–Crippen MR) is 118 cm³/mol. The molecule has 1 N–H and O–H groups in total. The molecule has 1 unspecified atom stereocenters. The van der Waals surface area contributed by atoms with Gasteiger partial charge in [-0.15, -0.1) is 11.3 Å². The normalized spacial score (nSPS) is 18.6. The van der Waals surface area contributed by atoms with E-state index in [1.807, 2.05) is 29.2 Å². The van der Waals surface area contributed by atoms with Crippen LogP contribution in [0.4, 0.5) is 0 Å². The van der Waals surface area contributed by atoms with Gasteiger partial charge in [0.25, 0.3) is 5.56 Å². The Balaban J connectivity index is 1.32. The van der Waals surface area contributed by atoms with Crippen LogP contribution in [-0.2, 0) is 24.1 Å². The van der Waals surface area contributed by atoms with Crippen molar-refractivity contribution in [1.82, 2.24) is 14.9 Å². The molecule has 3 heterocycles. The molecule has 1 aliphatic heterocycles. The van der Waals surface area contributed by atoms with Gasteiger partial charge in [0.1, 0.15) is 16.4 Å². The number of thiophene rings is 1. The molecule has 3 aromatic rings. The smallest absolute Gasteiger partial charge is 0.259 e. The summed E-state index contributed by atoms with van der Waals surface area (Å²) < 4.78 is 5.17. The van der Waals surface area contributed by atoms with Gasteiger partial charge in [0.05, 0.1) is 18.9 Å². The quantitative estimate of drug-likeness (QED) is 0.698. The molecule has 1 amide bonds. The van der Waals surface area contributed by atoms with Crippen LogP contribution in [0.25, 0.3) is 10.2 Å². The summed E-state index contributed by atoms with van der Waals surface area (Å²) in [6, 6.07) is 7.60. The van der Waals surface area contributed by atoms with Gasteiger partial charge < -0.3 is 14.6 Å². The molecule has 1 atom stereocenters. The zero-order valence-electron chi connectivity index (χ0n) is 17.1. The monoisotopic (exact) mass is 423 g/mol. The Kier molecular flexibility index (Phi) is 5.06. The number of amides is 1. The van der Waals surface area contributed by atoms with Crippen molar-refractivity contribution in [2.45, 2.75) is 44.4 Å². The van der Waals surface area contributed by atoms with Crippen LogP contribution in [0.5, 0.6) is 5.75 Å². The van der Waals surface area contributed by atoms with Crippen LogP contribution in [0.3, 0.4) is 0 Å². The Morgan fingerprint density at radius 3 is 2.87 bits per heavy atom. The van der Waals surface area contributed by atoms with Gasteiger partial charge in [-0.1, -0.05) is 12.1 Å². The van der Waals surface area contributed by atoms with E-state index in [-0.39, 0.29) is 17.4 Å². The summed E-state index contributed by atoms with van der Waals surface area (Å²) >= 11 is 1.68. The number of nitrogens with zero attached hydrogens (tertiary/aromatic N) is 2. The van der Waals surface area contributed by atoms with Gasteiger partial charge in [-0.3, -0.25) is 9.59 Å². The van der Waals surface area contributed by atoms with E-state index in [0.29, 0.717) is 19.5 Å². The van der Waals surface area contributed by atoms with Crippen molar-refractivity contribution in [3.63, 3.8) is 0 Å². The summed E-state index contributed by atoms with van der Waals surface area (Å²) in [5.41, 5.74) is 2.17. The molecule has 6 nitrogen and oxygen atoms in total. The Labute approximate surface area is 178 Å².